The van der Waals surface area contributed by atoms with Crippen LogP contribution >= 0.6 is 23.2 Å². The van der Waals surface area contributed by atoms with Gasteiger partial charge in [0.15, 0.2) is 0 Å². The van der Waals surface area contributed by atoms with E-state index in [1.54, 1.807) is 54.1 Å². The highest BCUT2D eigenvalue weighted by atomic mass is 35.5. The lowest BCUT2D eigenvalue weighted by Crippen LogP contribution is -2.47. The summed E-state index contributed by atoms with van der Waals surface area (Å²) in [4.78, 5) is 40.7. The first kappa shape index (κ1) is 30.2. The van der Waals surface area contributed by atoms with Crippen LogP contribution in [-0.2, 0) is 18.3 Å². The number of ether oxygens (including phenoxy) is 1. The van der Waals surface area contributed by atoms with E-state index in [0.29, 0.717) is 35.5 Å². The van der Waals surface area contributed by atoms with Crippen molar-refractivity contribution in [2.45, 2.75) is 39.2 Å². The van der Waals surface area contributed by atoms with Gasteiger partial charge in [0.2, 0.25) is 0 Å². The number of aromatic nitrogens is 1. The molecule has 0 saturated carbocycles. The van der Waals surface area contributed by atoms with Crippen LogP contribution in [0.1, 0.15) is 42.6 Å². The van der Waals surface area contributed by atoms with Gasteiger partial charge in [-0.25, -0.2) is 4.79 Å². The van der Waals surface area contributed by atoms with E-state index in [2.05, 4.69) is 0 Å². The molecule has 1 N–H and O–H groups in total. The summed E-state index contributed by atoms with van der Waals surface area (Å²) >= 11 is 12.6. The van der Waals surface area contributed by atoms with Crippen molar-refractivity contribution in [2.75, 3.05) is 13.2 Å². The molecule has 0 fully saturated rings. The number of benzene rings is 3. The van der Waals surface area contributed by atoms with Gasteiger partial charge in [0.25, 0.3) is 11.5 Å². The second-order valence-electron chi connectivity index (χ2n) is 9.78. The van der Waals surface area contributed by atoms with Crippen LogP contribution < -0.4 is 10.3 Å². The summed E-state index contributed by atoms with van der Waals surface area (Å²) in [5.74, 6) is -1.15. The number of carbonyl (C=O) groups excluding carboxylic acids is 1. The van der Waals surface area contributed by atoms with Crippen LogP contribution in [0.15, 0.2) is 71.5 Å². The molecule has 3 aromatic carbocycles. The van der Waals surface area contributed by atoms with Crippen molar-refractivity contribution in [3.8, 4) is 16.9 Å². The molecule has 0 unspecified atom stereocenters. The van der Waals surface area contributed by atoms with Crippen molar-refractivity contribution in [3.05, 3.63) is 98.3 Å². The third-order valence-corrected chi connectivity index (χ3v) is 7.57. The third-order valence-electron chi connectivity index (χ3n) is 6.94. The molecule has 41 heavy (non-hydrogen) atoms. The molecular formula is C32H32Cl2N2O5. The molecule has 1 amide bonds. The Morgan fingerprint density at radius 2 is 1.61 bits per heavy atom. The molecule has 1 heterocycles. The van der Waals surface area contributed by atoms with Gasteiger partial charge in [0, 0.05) is 25.4 Å². The number of carbonyl (C=O) groups is 2. The second kappa shape index (κ2) is 13.2. The van der Waals surface area contributed by atoms with E-state index in [-0.39, 0.29) is 34.1 Å². The summed E-state index contributed by atoms with van der Waals surface area (Å²) in [6.45, 7) is 4.53. The van der Waals surface area contributed by atoms with E-state index in [1.807, 2.05) is 38.1 Å². The van der Waals surface area contributed by atoms with Gasteiger partial charge in [-0.2, -0.15) is 0 Å². The Morgan fingerprint density at radius 1 is 0.951 bits per heavy atom. The maximum Gasteiger partial charge on any atom is 0.326 e. The zero-order valence-corrected chi connectivity index (χ0v) is 24.7. The predicted octanol–water partition coefficient (Wildman–Crippen LogP) is 6.85. The Morgan fingerprint density at radius 3 is 2.22 bits per heavy atom. The number of pyridine rings is 1. The molecule has 7 nitrogen and oxygen atoms in total. The fraction of sp³-hybridized carbons (Fsp3) is 0.281. The van der Waals surface area contributed by atoms with Crippen LogP contribution in [0.25, 0.3) is 22.0 Å². The first-order valence-corrected chi connectivity index (χ1v) is 14.3. The van der Waals surface area contributed by atoms with Crippen LogP contribution in [0.5, 0.6) is 5.75 Å². The lowest BCUT2D eigenvalue weighted by molar-refractivity contribution is -0.142. The topological polar surface area (TPSA) is 88.8 Å². The van der Waals surface area contributed by atoms with Gasteiger partial charge in [-0.05, 0) is 48.2 Å². The zero-order valence-electron chi connectivity index (χ0n) is 23.2. The zero-order chi connectivity index (χ0) is 29.7. The number of carboxylic acids is 1. The number of para-hydroxylation sites is 1. The van der Waals surface area contributed by atoms with E-state index >= 15 is 0 Å². The number of hydrogen-bond donors (Lipinski definition) is 1. The molecule has 1 atom stereocenters. The van der Waals surface area contributed by atoms with Crippen LogP contribution in [-0.4, -0.2) is 45.6 Å². The molecule has 0 bridgehead atoms. The van der Waals surface area contributed by atoms with E-state index in [4.69, 9.17) is 27.9 Å². The number of hydrogen-bond acceptors (Lipinski definition) is 4. The first-order valence-electron chi connectivity index (χ1n) is 13.5. The predicted molar refractivity (Wildman–Crippen MR) is 163 cm³/mol. The van der Waals surface area contributed by atoms with Gasteiger partial charge in [-0.3, -0.25) is 9.59 Å². The number of amides is 1. The number of fused-ring (bicyclic) bond motifs is 1. The Hall–Kier alpha value is -3.81. The van der Waals surface area contributed by atoms with Gasteiger partial charge in [-0.15, -0.1) is 0 Å². The van der Waals surface area contributed by atoms with Gasteiger partial charge in [-0.1, -0.05) is 79.5 Å². The average molecular weight is 596 g/mol. The largest absolute Gasteiger partial charge is 0.492 e. The minimum Gasteiger partial charge on any atom is -0.492 e. The number of carboxylic acid groups (broad SMARTS) is 1. The molecule has 1 aromatic heterocycles. The van der Waals surface area contributed by atoms with Crippen molar-refractivity contribution < 1.29 is 19.4 Å². The SMILES string of the molecule is CCCOc1c(-c2ccc(C[C@@H](C(=O)O)N(CCC)C(=O)c3c(Cl)cccc3Cl)cc2)c(=O)n(C)c2ccccc12. The summed E-state index contributed by atoms with van der Waals surface area (Å²) < 4.78 is 7.71. The molecule has 9 heteroatoms. The van der Waals surface area contributed by atoms with Crippen LogP contribution in [0, 0.1) is 0 Å². The second-order valence-corrected chi connectivity index (χ2v) is 10.6. The fourth-order valence-corrected chi connectivity index (χ4v) is 5.48. The molecule has 4 rings (SSSR count). The van der Waals surface area contributed by atoms with Crippen molar-refractivity contribution in [3.63, 3.8) is 0 Å². The van der Waals surface area contributed by atoms with E-state index in [1.165, 1.54) is 4.90 Å². The number of aryl methyl sites for hydroxylation is 1. The lowest BCUT2D eigenvalue weighted by Gasteiger charge is -2.29. The molecule has 214 valence electrons. The molecule has 0 aliphatic rings. The van der Waals surface area contributed by atoms with Crippen molar-refractivity contribution >= 4 is 46.0 Å². The van der Waals surface area contributed by atoms with Gasteiger partial charge >= 0.3 is 5.97 Å². The quantitative estimate of drug-likeness (QED) is 0.205. The molecule has 4 aromatic rings. The van der Waals surface area contributed by atoms with Gasteiger partial charge < -0.3 is 19.3 Å². The van der Waals surface area contributed by atoms with E-state index < -0.39 is 17.9 Å². The van der Waals surface area contributed by atoms with Crippen molar-refractivity contribution in [1.82, 2.24) is 9.47 Å². The Balaban J connectivity index is 1.71. The highest BCUT2D eigenvalue weighted by Gasteiger charge is 2.32. The summed E-state index contributed by atoms with van der Waals surface area (Å²) in [6.07, 6.45) is 1.38. The Labute approximate surface area is 248 Å². The van der Waals surface area contributed by atoms with Gasteiger partial charge in [0.1, 0.15) is 11.8 Å². The van der Waals surface area contributed by atoms with E-state index in [9.17, 15) is 19.5 Å². The fourth-order valence-electron chi connectivity index (χ4n) is 4.92. The van der Waals surface area contributed by atoms with Crippen LogP contribution in [0.3, 0.4) is 0 Å². The van der Waals surface area contributed by atoms with E-state index in [0.717, 1.165) is 17.3 Å². The maximum atomic E-state index is 13.5. The number of halogens is 2. The minimum atomic E-state index is -1.15. The number of aliphatic carboxylic acids is 1. The van der Waals surface area contributed by atoms with Crippen LogP contribution in [0.4, 0.5) is 0 Å². The Kier molecular flexibility index (Phi) is 9.73. The molecular weight excluding hydrogens is 563 g/mol. The molecule has 0 spiro atoms. The number of rotatable bonds is 11. The highest BCUT2D eigenvalue weighted by Crippen LogP contribution is 2.34. The molecule has 0 saturated heterocycles. The number of nitrogens with zero attached hydrogens (tertiary/aromatic N) is 2. The third kappa shape index (κ3) is 6.26. The molecule has 0 aliphatic carbocycles. The summed E-state index contributed by atoms with van der Waals surface area (Å²) in [7, 11) is 1.73. The smallest absolute Gasteiger partial charge is 0.326 e. The molecule has 0 aliphatic heterocycles. The monoisotopic (exact) mass is 594 g/mol. The van der Waals surface area contributed by atoms with Crippen molar-refractivity contribution in [2.24, 2.45) is 7.05 Å². The standard InChI is InChI=1S/C32H32Cl2N2O5/c1-4-17-36(31(38)28-23(33)10-8-11-24(28)34)26(32(39)40)19-20-13-15-21(16-14-20)27-29(41-18-5-2)22-9-6-7-12-25(22)35(3)30(27)37/h6-16,26H,4-5,17-19H2,1-3H3,(H,39,40)/t26-/m0/s1. The Bertz CT molecular complexity index is 1610. The van der Waals surface area contributed by atoms with Gasteiger partial charge in [0.05, 0.1) is 33.3 Å². The normalized spacial score (nSPS) is 11.8. The maximum absolute atomic E-state index is 13.5. The average Bonchev–Trinajstić information content (AvgIpc) is 2.96. The van der Waals surface area contributed by atoms with Crippen molar-refractivity contribution in [1.29, 1.82) is 0 Å². The lowest BCUT2D eigenvalue weighted by atomic mass is 9.98. The van der Waals surface area contributed by atoms with Crippen LogP contribution in [0.2, 0.25) is 10.0 Å². The summed E-state index contributed by atoms with van der Waals surface area (Å²) in [6, 6.07) is 18.3. The summed E-state index contributed by atoms with van der Waals surface area (Å²) in [5.41, 5.74) is 2.45. The molecule has 0 radical (unpaired) electrons. The first-order chi connectivity index (χ1) is 19.7. The summed E-state index contributed by atoms with van der Waals surface area (Å²) in [5, 5.41) is 11.3. The highest BCUT2D eigenvalue weighted by molar-refractivity contribution is 6.39. The minimum absolute atomic E-state index is 0.0539.